The van der Waals surface area contributed by atoms with Gasteiger partial charge in [-0.3, -0.25) is 4.79 Å². The van der Waals surface area contributed by atoms with Gasteiger partial charge in [-0.25, -0.2) is 0 Å². The van der Waals surface area contributed by atoms with Gasteiger partial charge in [0.15, 0.2) is 0 Å². The number of anilines is 1. The smallest absolute Gasteiger partial charge is 0.248 e. The van der Waals surface area contributed by atoms with Crippen LogP contribution < -0.4 is 10.1 Å². The summed E-state index contributed by atoms with van der Waals surface area (Å²) in [5, 5.41) is 5.06. The summed E-state index contributed by atoms with van der Waals surface area (Å²) in [6.45, 7) is 0. The van der Waals surface area contributed by atoms with E-state index in [2.05, 4.69) is 5.32 Å². The van der Waals surface area contributed by atoms with Crippen molar-refractivity contribution in [3.63, 3.8) is 0 Å². The van der Waals surface area contributed by atoms with E-state index in [-0.39, 0.29) is 5.91 Å². The molecule has 1 N–H and O–H groups in total. The molecule has 0 unspecified atom stereocenters. The molecule has 0 saturated carbocycles. The van der Waals surface area contributed by atoms with Crippen LogP contribution in [0, 0.1) is 0 Å². The van der Waals surface area contributed by atoms with E-state index in [0.29, 0.717) is 0 Å². The molecule has 3 rings (SSSR count). The number of carbonyl (C=O) groups excluding carboxylic acids is 1. The number of nitrogens with one attached hydrogen (secondary N) is 1. The summed E-state index contributed by atoms with van der Waals surface area (Å²) in [6, 6.07) is 21.4. The number of benzene rings is 3. The number of hydrogen-bond acceptors (Lipinski definition) is 2. The van der Waals surface area contributed by atoms with E-state index >= 15 is 0 Å². The standard InChI is InChI=1S/C20H17NO2/c1-23-17-12-9-15(10-13-17)11-14-20(22)21-19-8-4-6-16-5-2-3-7-18(16)19/h2-14H,1H3,(H,21,22). The first kappa shape index (κ1) is 14.9. The fourth-order valence-corrected chi connectivity index (χ4v) is 2.40. The molecule has 0 atom stereocenters. The first-order valence-electron chi connectivity index (χ1n) is 7.37. The third kappa shape index (κ3) is 3.58. The van der Waals surface area contributed by atoms with Crippen LogP contribution in [0.15, 0.2) is 72.8 Å². The minimum Gasteiger partial charge on any atom is -0.497 e. The third-order valence-corrected chi connectivity index (χ3v) is 3.59. The van der Waals surface area contributed by atoms with Crippen LogP contribution >= 0.6 is 0 Å². The highest BCUT2D eigenvalue weighted by Crippen LogP contribution is 2.23. The number of rotatable bonds is 4. The number of fused-ring (bicyclic) bond motifs is 1. The normalized spacial score (nSPS) is 10.8. The van der Waals surface area contributed by atoms with Crippen LogP contribution in [0.25, 0.3) is 16.8 Å². The summed E-state index contributed by atoms with van der Waals surface area (Å²) >= 11 is 0. The summed E-state index contributed by atoms with van der Waals surface area (Å²) in [4.78, 5) is 12.1. The Kier molecular flexibility index (Phi) is 4.39. The zero-order valence-electron chi connectivity index (χ0n) is 12.8. The Balaban J connectivity index is 1.74. The minimum atomic E-state index is -0.155. The van der Waals surface area contributed by atoms with Crippen molar-refractivity contribution in [1.82, 2.24) is 0 Å². The average Bonchev–Trinajstić information content (AvgIpc) is 2.61. The number of amides is 1. The lowest BCUT2D eigenvalue weighted by Gasteiger charge is -2.06. The zero-order valence-corrected chi connectivity index (χ0v) is 12.8. The summed E-state index contributed by atoms with van der Waals surface area (Å²) in [5.41, 5.74) is 1.76. The van der Waals surface area contributed by atoms with Gasteiger partial charge in [0.25, 0.3) is 0 Å². The summed E-state index contributed by atoms with van der Waals surface area (Å²) in [7, 11) is 1.63. The van der Waals surface area contributed by atoms with Crippen LogP contribution in [0.3, 0.4) is 0 Å². The molecule has 0 aliphatic carbocycles. The first-order chi connectivity index (χ1) is 11.3. The van der Waals surface area contributed by atoms with Crippen LogP contribution in [0.5, 0.6) is 5.75 Å². The topological polar surface area (TPSA) is 38.3 Å². The van der Waals surface area contributed by atoms with Gasteiger partial charge in [0.2, 0.25) is 5.91 Å². The molecule has 0 aliphatic heterocycles. The molecule has 0 bridgehead atoms. The van der Waals surface area contributed by atoms with Crippen molar-refractivity contribution >= 4 is 28.4 Å². The second kappa shape index (κ2) is 6.79. The fraction of sp³-hybridized carbons (Fsp3) is 0.0500. The van der Waals surface area contributed by atoms with Crippen molar-refractivity contribution in [2.75, 3.05) is 12.4 Å². The van der Waals surface area contributed by atoms with Gasteiger partial charge in [-0.15, -0.1) is 0 Å². The number of ether oxygens (including phenoxy) is 1. The Labute approximate surface area is 135 Å². The maximum atomic E-state index is 12.1. The quantitative estimate of drug-likeness (QED) is 0.721. The van der Waals surface area contributed by atoms with Crippen molar-refractivity contribution < 1.29 is 9.53 Å². The Morgan fingerprint density at radius 1 is 0.957 bits per heavy atom. The van der Waals surface area contributed by atoms with Crippen LogP contribution in [0.2, 0.25) is 0 Å². The van der Waals surface area contributed by atoms with E-state index in [1.807, 2.05) is 66.7 Å². The van der Waals surface area contributed by atoms with E-state index in [1.54, 1.807) is 13.2 Å². The zero-order chi connectivity index (χ0) is 16.1. The van der Waals surface area contributed by atoms with Crippen molar-refractivity contribution in [3.05, 3.63) is 78.4 Å². The predicted molar refractivity (Wildman–Crippen MR) is 94.6 cm³/mol. The van der Waals surface area contributed by atoms with Crippen molar-refractivity contribution in [3.8, 4) is 5.75 Å². The molecular formula is C20H17NO2. The van der Waals surface area contributed by atoms with E-state index in [0.717, 1.165) is 27.8 Å². The molecule has 0 aliphatic rings. The molecular weight excluding hydrogens is 286 g/mol. The molecule has 3 heteroatoms. The number of carbonyl (C=O) groups is 1. The fourth-order valence-electron chi connectivity index (χ4n) is 2.40. The van der Waals surface area contributed by atoms with Crippen molar-refractivity contribution in [2.45, 2.75) is 0 Å². The van der Waals surface area contributed by atoms with Crippen molar-refractivity contribution in [2.24, 2.45) is 0 Å². The maximum Gasteiger partial charge on any atom is 0.248 e. The van der Waals surface area contributed by atoms with Gasteiger partial charge in [0, 0.05) is 17.1 Å². The van der Waals surface area contributed by atoms with Gasteiger partial charge in [-0.05, 0) is 35.2 Å². The Morgan fingerprint density at radius 3 is 2.48 bits per heavy atom. The van der Waals surface area contributed by atoms with E-state index in [9.17, 15) is 4.79 Å². The highest BCUT2D eigenvalue weighted by molar-refractivity contribution is 6.07. The molecule has 0 heterocycles. The van der Waals surface area contributed by atoms with Crippen LogP contribution in [-0.2, 0) is 4.79 Å². The number of hydrogen-bond donors (Lipinski definition) is 1. The lowest BCUT2D eigenvalue weighted by Crippen LogP contribution is -2.07. The second-order valence-electron chi connectivity index (χ2n) is 5.12. The summed E-state index contributed by atoms with van der Waals surface area (Å²) < 4.78 is 5.11. The largest absolute Gasteiger partial charge is 0.497 e. The Morgan fingerprint density at radius 2 is 1.70 bits per heavy atom. The van der Waals surface area contributed by atoms with Gasteiger partial charge >= 0.3 is 0 Å². The Hall–Kier alpha value is -3.07. The van der Waals surface area contributed by atoms with E-state index < -0.39 is 0 Å². The molecule has 3 nitrogen and oxygen atoms in total. The molecule has 3 aromatic rings. The molecule has 0 aromatic heterocycles. The van der Waals surface area contributed by atoms with Gasteiger partial charge in [-0.1, -0.05) is 48.5 Å². The molecule has 3 aromatic carbocycles. The lowest BCUT2D eigenvalue weighted by molar-refractivity contribution is -0.111. The SMILES string of the molecule is COc1ccc(C=CC(=O)Nc2cccc3ccccc23)cc1. The predicted octanol–water partition coefficient (Wildman–Crippen LogP) is 4.50. The highest BCUT2D eigenvalue weighted by atomic mass is 16.5. The third-order valence-electron chi connectivity index (χ3n) is 3.59. The molecule has 0 radical (unpaired) electrons. The van der Waals surface area contributed by atoms with Crippen LogP contribution in [0.4, 0.5) is 5.69 Å². The molecule has 114 valence electrons. The summed E-state index contributed by atoms with van der Waals surface area (Å²) in [5.74, 6) is 0.638. The van der Waals surface area contributed by atoms with Gasteiger partial charge in [0.1, 0.15) is 5.75 Å². The lowest BCUT2D eigenvalue weighted by atomic mass is 10.1. The number of methoxy groups -OCH3 is 1. The molecule has 0 saturated heterocycles. The maximum absolute atomic E-state index is 12.1. The average molecular weight is 303 g/mol. The molecule has 0 fully saturated rings. The molecule has 23 heavy (non-hydrogen) atoms. The summed E-state index contributed by atoms with van der Waals surface area (Å²) in [6.07, 6.45) is 3.31. The first-order valence-corrected chi connectivity index (χ1v) is 7.37. The molecule has 0 spiro atoms. The second-order valence-corrected chi connectivity index (χ2v) is 5.12. The highest BCUT2D eigenvalue weighted by Gasteiger charge is 2.02. The van der Waals surface area contributed by atoms with Gasteiger partial charge < -0.3 is 10.1 Å². The molecule has 1 amide bonds. The van der Waals surface area contributed by atoms with Crippen LogP contribution in [0.1, 0.15) is 5.56 Å². The Bertz CT molecular complexity index is 846. The minimum absolute atomic E-state index is 0.155. The van der Waals surface area contributed by atoms with Gasteiger partial charge in [-0.2, -0.15) is 0 Å². The van der Waals surface area contributed by atoms with E-state index in [1.165, 1.54) is 6.08 Å². The van der Waals surface area contributed by atoms with Crippen LogP contribution in [-0.4, -0.2) is 13.0 Å². The van der Waals surface area contributed by atoms with Gasteiger partial charge in [0.05, 0.1) is 7.11 Å². The van der Waals surface area contributed by atoms with E-state index in [4.69, 9.17) is 4.74 Å². The van der Waals surface area contributed by atoms with Crippen molar-refractivity contribution in [1.29, 1.82) is 0 Å². The monoisotopic (exact) mass is 303 g/mol.